The van der Waals surface area contributed by atoms with Gasteiger partial charge in [-0.25, -0.2) is 0 Å². The predicted molar refractivity (Wildman–Crippen MR) is 55.4 cm³/mol. The molecule has 15 heavy (non-hydrogen) atoms. The lowest BCUT2D eigenvalue weighted by atomic mass is 9.70. The van der Waals surface area contributed by atoms with E-state index in [2.05, 4.69) is 0 Å². The lowest BCUT2D eigenvalue weighted by Crippen LogP contribution is -2.33. The second kappa shape index (κ2) is 6.08. The highest BCUT2D eigenvalue weighted by Gasteiger charge is 2.32. The van der Waals surface area contributed by atoms with Gasteiger partial charge >= 0.3 is 5.97 Å². The van der Waals surface area contributed by atoms with Crippen LogP contribution >= 0.6 is 0 Å². The molecule has 1 aliphatic rings. The van der Waals surface area contributed by atoms with Crippen LogP contribution in [-0.4, -0.2) is 34.5 Å². The van der Waals surface area contributed by atoms with E-state index in [1.165, 1.54) is 0 Å². The van der Waals surface area contributed by atoms with Crippen LogP contribution in [0.2, 0.25) is 0 Å². The summed E-state index contributed by atoms with van der Waals surface area (Å²) in [5.74, 6) is -0.274. The number of aliphatic carboxylic acids is 1. The molecule has 0 heterocycles. The van der Waals surface area contributed by atoms with E-state index < -0.39 is 5.97 Å². The van der Waals surface area contributed by atoms with Gasteiger partial charge in [-0.1, -0.05) is 6.42 Å². The molecule has 4 heteroatoms. The van der Waals surface area contributed by atoms with Crippen molar-refractivity contribution in [1.82, 2.24) is 0 Å². The first-order valence-electron chi connectivity index (χ1n) is 5.62. The number of hydrogen-bond acceptors (Lipinski definition) is 3. The minimum Gasteiger partial charge on any atom is -0.481 e. The lowest BCUT2D eigenvalue weighted by molar-refractivity contribution is -0.137. The highest BCUT2D eigenvalue weighted by molar-refractivity contribution is 5.66. The third-order valence-corrected chi connectivity index (χ3v) is 3.52. The number of carboxylic acid groups (broad SMARTS) is 1. The number of carbonyl (C=O) groups is 1. The second-order valence-electron chi connectivity index (χ2n) is 4.41. The van der Waals surface area contributed by atoms with Crippen molar-refractivity contribution in [2.24, 2.45) is 17.8 Å². The SMILES string of the molecule is O=C(O)CCC1C(CO)CCCC1CO. The van der Waals surface area contributed by atoms with Crippen LogP contribution < -0.4 is 0 Å². The van der Waals surface area contributed by atoms with E-state index in [0.29, 0.717) is 6.42 Å². The van der Waals surface area contributed by atoms with Crippen LogP contribution in [0.25, 0.3) is 0 Å². The summed E-state index contributed by atoms with van der Waals surface area (Å²) in [6.45, 7) is 0.224. The molecule has 0 saturated heterocycles. The summed E-state index contributed by atoms with van der Waals surface area (Å²) in [5, 5.41) is 27.1. The topological polar surface area (TPSA) is 77.8 Å². The summed E-state index contributed by atoms with van der Waals surface area (Å²) in [6, 6.07) is 0. The molecule has 0 spiro atoms. The lowest BCUT2D eigenvalue weighted by Gasteiger charge is -2.36. The molecule has 1 fully saturated rings. The monoisotopic (exact) mass is 216 g/mol. The van der Waals surface area contributed by atoms with Gasteiger partial charge in [0.1, 0.15) is 0 Å². The molecule has 3 N–H and O–H groups in total. The van der Waals surface area contributed by atoms with Gasteiger partial charge in [0.2, 0.25) is 0 Å². The Kier molecular flexibility index (Phi) is 5.05. The van der Waals surface area contributed by atoms with Crippen molar-refractivity contribution in [2.75, 3.05) is 13.2 Å². The van der Waals surface area contributed by atoms with Gasteiger partial charge in [0.15, 0.2) is 0 Å². The Morgan fingerprint density at radius 3 is 2.07 bits per heavy atom. The molecule has 0 aromatic rings. The zero-order valence-corrected chi connectivity index (χ0v) is 8.93. The molecule has 4 nitrogen and oxygen atoms in total. The first-order valence-corrected chi connectivity index (χ1v) is 5.62. The van der Waals surface area contributed by atoms with Gasteiger partial charge in [-0.05, 0) is 37.0 Å². The fourth-order valence-electron chi connectivity index (χ4n) is 2.67. The number of rotatable bonds is 5. The average Bonchev–Trinajstić information content (AvgIpc) is 2.25. The first kappa shape index (κ1) is 12.5. The molecule has 0 aliphatic heterocycles. The van der Waals surface area contributed by atoms with Crippen molar-refractivity contribution in [2.45, 2.75) is 32.1 Å². The summed E-state index contributed by atoms with van der Waals surface area (Å²) in [4.78, 5) is 10.5. The van der Waals surface area contributed by atoms with Gasteiger partial charge < -0.3 is 15.3 Å². The van der Waals surface area contributed by atoms with Gasteiger partial charge in [0.05, 0.1) is 0 Å². The van der Waals surface area contributed by atoms with Gasteiger partial charge in [0, 0.05) is 19.6 Å². The van der Waals surface area contributed by atoms with Crippen LogP contribution in [0.5, 0.6) is 0 Å². The molecule has 0 aromatic heterocycles. The quantitative estimate of drug-likeness (QED) is 0.637. The Labute approximate surface area is 89.9 Å². The standard InChI is InChI=1S/C11H20O4/c12-6-8-2-1-3-9(7-13)10(8)4-5-11(14)15/h8-10,12-13H,1-7H2,(H,14,15). The highest BCUT2D eigenvalue weighted by atomic mass is 16.4. The van der Waals surface area contributed by atoms with Crippen molar-refractivity contribution in [3.8, 4) is 0 Å². The zero-order valence-electron chi connectivity index (χ0n) is 8.93. The summed E-state index contributed by atoms with van der Waals surface area (Å²) in [7, 11) is 0. The van der Waals surface area contributed by atoms with Crippen LogP contribution in [0.3, 0.4) is 0 Å². The van der Waals surface area contributed by atoms with E-state index in [4.69, 9.17) is 5.11 Å². The molecule has 0 amide bonds. The molecule has 0 bridgehead atoms. The molecular weight excluding hydrogens is 196 g/mol. The largest absolute Gasteiger partial charge is 0.481 e. The Morgan fingerprint density at radius 1 is 1.13 bits per heavy atom. The Hall–Kier alpha value is -0.610. The number of carboxylic acids is 1. The minimum absolute atomic E-state index is 0.112. The maximum absolute atomic E-state index is 10.5. The molecule has 88 valence electrons. The molecule has 2 unspecified atom stereocenters. The fraction of sp³-hybridized carbons (Fsp3) is 0.909. The Bertz CT molecular complexity index is 193. The van der Waals surface area contributed by atoms with E-state index in [-0.39, 0.29) is 37.4 Å². The molecule has 0 aromatic carbocycles. The Balaban J connectivity index is 2.53. The van der Waals surface area contributed by atoms with E-state index in [1.54, 1.807) is 0 Å². The number of aliphatic hydroxyl groups excluding tert-OH is 2. The molecule has 1 aliphatic carbocycles. The summed E-state index contributed by atoms with van der Waals surface area (Å²) >= 11 is 0. The highest BCUT2D eigenvalue weighted by Crippen LogP contribution is 2.37. The third-order valence-electron chi connectivity index (χ3n) is 3.52. The second-order valence-corrected chi connectivity index (χ2v) is 4.41. The van der Waals surface area contributed by atoms with Crippen LogP contribution in [0.4, 0.5) is 0 Å². The van der Waals surface area contributed by atoms with Crippen LogP contribution in [0.15, 0.2) is 0 Å². The average molecular weight is 216 g/mol. The smallest absolute Gasteiger partial charge is 0.303 e. The zero-order chi connectivity index (χ0) is 11.3. The normalized spacial score (nSPS) is 31.5. The van der Waals surface area contributed by atoms with Gasteiger partial charge in [-0.15, -0.1) is 0 Å². The Morgan fingerprint density at radius 2 is 1.67 bits per heavy atom. The molecular formula is C11H20O4. The van der Waals surface area contributed by atoms with E-state index in [0.717, 1.165) is 19.3 Å². The summed E-state index contributed by atoms with van der Waals surface area (Å²) in [5.41, 5.74) is 0. The summed E-state index contributed by atoms with van der Waals surface area (Å²) in [6.07, 6.45) is 3.65. The number of aliphatic hydroxyl groups is 2. The fourth-order valence-corrected chi connectivity index (χ4v) is 2.67. The van der Waals surface area contributed by atoms with Crippen molar-refractivity contribution in [1.29, 1.82) is 0 Å². The van der Waals surface area contributed by atoms with Gasteiger partial charge in [0.25, 0.3) is 0 Å². The molecule has 1 saturated carbocycles. The predicted octanol–water partition coefficient (Wildman–Crippen LogP) is 0.868. The third kappa shape index (κ3) is 3.47. The molecule has 1 rings (SSSR count). The van der Waals surface area contributed by atoms with Gasteiger partial charge in [-0.3, -0.25) is 4.79 Å². The maximum Gasteiger partial charge on any atom is 0.303 e. The van der Waals surface area contributed by atoms with Crippen molar-refractivity contribution in [3.05, 3.63) is 0 Å². The van der Waals surface area contributed by atoms with Crippen LogP contribution in [-0.2, 0) is 4.79 Å². The molecule has 0 radical (unpaired) electrons. The summed E-state index contributed by atoms with van der Waals surface area (Å²) < 4.78 is 0. The number of hydrogen-bond donors (Lipinski definition) is 3. The van der Waals surface area contributed by atoms with Crippen LogP contribution in [0.1, 0.15) is 32.1 Å². The van der Waals surface area contributed by atoms with Crippen molar-refractivity contribution in [3.63, 3.8) is 0 Å². The molecule has 2 atom stereocenters. The maximum atomic E-state index is 10.5. The van der Waals surface area contributed by atoms with E-state index in [9.17, 15) is 15.0 Å². The van der Waals surface area contributed by atoms with E-state index >= 15 is 0 Å². The first-order chi connectivity index (χ1) is 7.19. The van der Waals surface area contributed by atoms with Crippen LogP contribution in [0, 0.1) is 17.8 Å². The van der Waals surface area contributed by atoms with Gasteiger partial charge in [-0.2, -0.15) is 0 Å². The van der Waals surface area contributed by atoms with E-state index in [1.807, 2.05) is 0 Å². The minimum atomic E-state index is -0.797. The van der Waals surface area contributed by atoms with Crippen molar-refractivity contribution < 1.29 is 20.1 Å². The van der Waals surface area contributed by atoms with Crippen molar-refractivity contribution >= 4 is 5.97 Å².